The number of nitrogens with zero attached hydrogens (tertiary/aromatic N) is 1. The number of hydrogen-bond acceptors (Lipinski definition) is 2. The van der Waals surface area contributed by atoms with Crippen LogP contribution in [-0.2, 0) is 11.3 Å². The van der Waals surface area contributed by atoms with Crippen molar-refractivity contribution in [2.45, 2.75) is 57.2 Å². The Labute approximate surface area is 147 Å². The maximum Gasteiger partial charge on any atom is 0.226 e. The SMILES string of the molecule is Cl.NC1CCCC(C(=O)N(Cc2cccc(Br)c2)C2CC2)C1. The zero-order valence-electron chi connectivity index (χ0n) is 12.7. The minimum atomic E-state index is 0. The van der Waals surface area contributed by atoms with E-state index in [1.807, 2.05) is 12.1 Å². The molecule has 1 amide bonds. The van der Waals surface area contributed by atoms with Crippen LogP contribution < -0.4 is 5.73 Å². The fourth-order valence-electron chi connectivity index (χ4n) is 3.29. The summed E-state index contributed by atoms with van der Waals surface area (Å²) in [6, 6.07) is 8.92. The third kappa shape index (κ3) is 4.46. The zero-order chi connectivity index (χ0) is 14.8. The van der Waals surface area contributed by atoms with Gasteiger partial charge >= 0.3 is 0 Å². The van der Waals surface area contributed by atoms with Crippen LogP contribution in [-0.4, -0.2) is 22.9 Å². The molecule has 0 heterocycles. The third-order valence-electron chi connectivity index (χ3n) is 4.58. The number of halogens is 2. The maximum absolute atomic E-state index is 12.9. The summed E-state index contributed by atoms with van der Waals surface area (Å²) in [5.74, 6) is 0.467. The first-order chi connectivity index (χ1) is 10.1. The van der Waals surface area contributed by atoms with E-state index in [1.54, 1.807) is 0 Å². The summed E-state index contributed by atoms with van der Waals surface area (Å²) < 4.78 is 1.07. The molecule has 0 aliphatic heterocycles. The Morgan fingerprint density at radius 1 is 1.27 bits per heavy atom. The molecule has 2 aliphatic rings. The van der Waals surface area contributed by atoms with E-state index in [9.17, 15) is 4.79 Å². The standard InChI is InChI=1S/C17H23BrN2O.ClH/c18-14-5-1-3-12(9-14)11-20(16-7-8-16)17(21)13-4-2-6-15(19)10-13;/h1,3,5,9,13,15-16H,2,4,6-8,10-11,19H2;1H. The molecule has 0 saturated heterocycles. The summed E-state index contributed by atoms with van der Waals surface area (Å²) in [6.07, 6.45) is 6.33. The van der Waals surface area contributed by atoms with Crippen LogP contribution >= 0.6 is 28.3 Å². The normalized spacial score (nSPS) is 24.5. The molecule has 0 radical (unpaired) electrons. The average molecular weight is 388 g/mol. The topological polar surface area (TPSA) is 46.3 Å². The van der Waals surface area contributed by atoms with E-state index in [0.717, 1.165) is 49.5 Å². The Bertz CT molecular complexity index is 521. The minimum absolute atomic E-state index is 0. The van der Waals surface area contributed by atoms with Gasteiger partial charge in [-0.15, -0.1) is 12.4 Å². The molecular weight excluding hydrogens is 364 g/mol. The number of hydrogen-bond donors (Lipinski definition) is 1. The van der Waals surface area contributed by atoms with Gasteiger partial charge in [0.25, 0.3) is 0 Å². The molecule has 1 aromatic carbocycles. The summed E-state index contributed by atoms with van der Waals surface area (Å²) in [4.78, 5) is 15.0. The van der Waals surface area contributed by atoms with Crippen molar-refractivity contribution in [2.75, 3.05) is 0 Å². The number of carbonyl (C=O) groups is 1. The predicted molar refractivity (Wildman–Crippen MR) is 94.9 cm³/mol. The van der Waals surface area contributed by atoms with E-state index in [0.29, 0.717) is 11.9 Å². The quantitative estimate of drug-likeness (QED) is 0.852. The lowest BCUT2D eigenvalue weighted by atomic mass is 9.85. The fourth-order valence-corrected chi connectivity index (χ4v) is 3.74. The Balaban J connectivity index is 0.00000176. The van der Waals surface area contributed by atoms with Crippen LogP contribution in [0, 0.1) is 5.92 Å². The Kier molecular flexibility index (Phi) is 6.30. The van der Waals surface area contributed by atoms with E-state index in [4.69, 9.17) is 5.73 Å². The van der Waals surface area contributed by atoms with Crippen LogP contribution in [0.25, 0.3) is 0 Å². The average Bonchev–Trinajstić information content (AvgIpc) is 3.29. The fraction of sp³-hybridized carbons (Fsp3) is 0.588. The molecule has 2 N–H and O–H groups in total. The van der Waals surface area contributed by atoms with Crippen LogP contribution in [0.1, 0.15) is 44.1 Å². The highest BCUT2D eigenvalue weighted by Crippen LogP contribution is 2.33. The molecule has 2 saturated carbocycles. The molecule has 2 atom stereocenters. The van der Waals surface area contributed by atoms with Crippen LogP contribution in [0.2, 0.25) is 0 Å². The van der Waals surface area contributed by atoms with Crippen molar-refractivity contribution < 1.29 is 4.79 Å². The molecule has 5 heteroatoms. The zero-order valence-corrected chi connectivity index (χ0v) is 15.1. The number of benzene rings is 1. The summed E-state index contributed by atoms with van der Waals surface area (Å²) in [5.41, 5.74) is 7.25. The molecule has 0 spiro atoms. The van der Waals surface area contributed by atoms with Gasteiger partial charge in [-0.2, -0.15) is 0 Å². The molecule has 1 aromatic rings. The highest BCUT2D eigenvalue weighted by molar-refractivity contribution is 9.10. The number of nitrogens with two attached hydrogens (primary N) is 1. The molecule has 3 nitrogen and oxygen atoms in total. The largest absolute Gasteiger partial charge is 0.335 e. The molecule has 0 bridgehead atoms. The van der Waals surface area contributed by atoms with Gasteiger partial charge in [-0.25, -0.2) is 0 Å². The van der Waals surface area contributed by atoms with Gasteiger partial charge < -0.3 is 10.6 Å². The number of carbonyl (C=O) groups excluding carboxylic acids is 1. The lowest BCUT2D eigenvalue weighted by Gasteiger charge is -2.31. The molecule has 2 fully saturated rings. The second-order valence-corrected chi connectivity index (χ2v) is 7.37. The highest BCUT2D eigenvalue weighted by atomic mass is 79.9. The van der Waals surface area contributed by atoms with E-state index in [1.165, 1.54) is 5.56 Å². The van der Waals surface area contributed by atoms with Crippen molar-refractivity contribution in [1.29, 1.82) is 0 Å². The Morgan fingerprint density at radius 2 is 2.05 bits per heavy atom. The Morgan fingerprint density at radius 3 is 2.68 bits per heavy atom. The molecule has 2 unspecified atom stereocenters. The molecule has 122 valence electrons. The number of rotatable bonds is 4. The van der Waals surface area contributed by atoms with Crippen molar-refractivity contribution >= 4 is 34.2 Å². The van der Waals surface area contributed by atoms with Crippen molar-refractivity contribution in [2.24, 2.45) is 11.7 Å². The van der Waals surface area contributed by atoms with Gasteiger partial charge in [0.2, 0.25) is 5.91 Å². The van der Waals surface area contributed by atoms with Gasteiger partial charge in [-0.3, -0.25) is 4.79 Å². The lowest BCUT2D eigenvalue weighted by Crippen LogP contribution is -2.41. The van der Waals surface area contributed by atoms with Gasteiger partial charge in [-0.1, -0.05) is 34.5 Å². The second-order valence-electron chi connectivity index (χ2n) is 6.45. The summed E-state index contributed by atoms with van der Waals surface area (Å²) in [6.45, 7) is 0.731. The summed E-state index contributed by atoms with van der Waals surface area (Å²) in [7, 11) is 0. The maximum atomic E-state index is 12.9. The van der Waals surface area contributed by atoms with Gasteiger partial charge in [0, 0.05) is 29.0 Å². The van der Waals surface area contributed by atoms with Crippen molar-refractivity contribution in [3.8, 4) is 0 Å². The lowest BCUT2D eigenvalue weighted by molar-refractivity contribution is -0.138. The first kappa shape index (κ1) is 17.8. The molecule has 3 rings (SSSR count). The highest BCUT2D eigenvalue weighted by Gasteiger charge is 2.37. The molecule has 22 heavy (non-hydrogen) atoms. The van der Waals surface area contributed by atoms with Gasteiger partial charge in [0.1, 0.15) is 0 Å². The van der Waals surface area contributed by atoms with Crippen LogP contribution in [0.3, 0.4) is 0 Å². The van der Waals surface area contributed by atoms with E-state index in [-0.39, 0.29) is 24.4 Å². The van der Waals surface area contributed by atoms with Crippen LogP contribution in [0.5, 0.6) is 0 Å². The van der Waals surface area contributed by atoms with Gasteiger partial charge in [0.15, 0.2) is 0 Å². The van der Waals surface area contributed by atoms with Crippen molar-refractivity contribution in [1.82, 2.24) is 4.90 Å². The monoisotopic (exact) mass is 386 g/mol. The first-order valence-electron chi connectivity index (χ1n) is 7.94. The van der Waals surface area contributed by atoms with Crippen LogP contribution in [0.15, 0.2) is 28.7 Å². The van der Waals surface area contributed by atoms with Gasteiger partial charge in [-0.05, 0) is 49.8 Å². The van der Waals surface area contributed by atoms with Gasteiger partial charge in [0.05, 0.1) is 0 Å². The van der Waals surface area contributed by atoms with E-state index in [2.05, 4.69) is 33.0 Å². The number of amides is 1. The smallest absolute Gasteiger partial charge is 0.226 e. The first-order valence-corrected chi connectivity index (χ1v) is 8.73. The van der Waals surface area contributed by atoms with Crippen molar-refractivity contribution in [3.63, 3.8) is 0 Å². The Hall–Kier alpha value is -0.580. The van der Waals surface area contributed by atoms with E-state index >= 15 is 0 Å². The third-order valence-corrected chi connectivity index (χ3v) is 5.07. The van der Waals surface area contributed by atoms with Crippen molar-refractivity contribution in [3.05, 3.63) is 34.3 Å². The van der Waals surface area contributed by atoms with Crippen LogP contribution in [0.4, 0.5) is 0 Å². The van der Waals surface area contributed by atoms with E-state index < -0.39 is 0 Å². The molecule has 2 aliphatic carbocycles. The summed E-state index contributed by atoms with van der Waals surface area (Å²) >= 11 is 3.51. The molecular formula is C17H24BrClN2O. The minimum Gasteiger partial charge on any atom is -0.335 e. The summed E-state index contributed by atoms with van der Waals surface area (Å²) in [5, 5.41) is 0. The second kappa shape index (κ2) is 7.80. The molecule has 0 aromatic heterocycles. The predicted octanol–water partition coefficient (Wildman–Crippen LogP) is 3.88.